The number of benzene rings is 2. The van der Waals surface area contributed by atoms with Crippen LogP contribution in [0.25, 0.3) is 0 Å². The van der Waals surface area contributed by atoms with Crippen LogP contribution in [0.5, 0.6) is 11.5 Å². The molecule has 1 aliphatic rings. The summed E-state index contributed by atoms with van der Waals surface area (Å²) in [5, 5.41) is 0. The minimum absolute atomic E-state index is 0.113. The molecule has 6 nitrogen and oxygen atoms in total. The molecule has 2 N–H and O–H groups in total. The number of hydrogen-bond acceptors (Lipinski definition) is 5. The molecule has 0 aromatic heterocycles. The Morgan fingerprint density at radius 1 is 1.19 bits per heavy atom. The molecule has 3 rings (SSSR count). The van der Waals surface area contributed by atoms with Gasteiger partial charge in [0.25, 0.3) is 12.0 Å². The molecule has 0 fully saturated rings. The van der Waals surface area contributed by atoms with Crippen molar-refractivity contribution < 1.29 is 36.2 Å². The highest BCUT2D eigenvalue weighted by molar-refractivity contribution is 6.08. The second-order valence-corrected chi connectivity index (χ2v) is 6.72. The topological polar surface area (TPSA) is 77.2 Å². The van der Waals surface area contributed by atoms with E-state index in [1.165, 1.54) is 43.4 Å². The first kappa shape index (κ1) is 23.0. The van der Waals surface area contributed by atoms with Crippen molar-refractivity contribution in [2.24, 2.45) is 10.7 Å². The number of likely N-dealkylation sites (N-methyl/N-ethyl adjacent to an activating group) is 1. The third kappa shape index (κ3) is 4.51. The van der Waals surface area contributed by atoms with E-state index in [1.807, 2.05) is 0 Å². The molecule has 1 amide bonds. The summed E-state index contributed by atoms with van der Waals surface area (Å²) in [5.41, 5.74) is 4.56. The van der Waals surface area contributed by atoms with E-state index in [1.54, 1.807) is 0 Å². The Morgan fingerprint density at radius 2 is 1.84 bits per heavy atom. The molecule has 170 valence electrons. The molecular weight excluding hydrogens is 437 g/mol. The summed E-state index contributed by atoms with van der Waals surface area (Å²) >= 11 is 0. The number of nitrogens with two attached hydrogens (primary N) is 1. The molecular formula is C21H18F5N3O3. The first-order valence-corrected chi connectivity index (χ1v) is 9.28. The summed E-state index contributed by atoms with van der Waals surface area (Å²) in [6.07, 6.45) is -1.41. The summed E-state index contributed by atoms with van der Waals surface area (Å²) in [6.45, 7) is -3.26. The number of guanidine groups is 1. The van der Waals surface area contributed by atoms with E-state index in [-0.39, 0.29) is 41.6 Å². The maximum absolute atomic E-state index is 14.3. The van der Waals surface area contributed by atoms with Crippen LogP contribution in [-0.4, -0.2) is 37.0 Å². The second-order valence-electron chi connectivity index (χ2n) is 6.72. The van der Waals surface area contributed by atoms with Crippen molar-refractivity contribution in [2.75, 3.05) is 13.7 Å². The quantitative estimate of drug-likeness (QED) is 0.482. The van der Waals surface area contributed by atoms with E-state index in [4.69, 9.17) is 10.5 Å². The number of nitrogens with zero attached hydrogens (tertiary/aromatic N) is 2. The molecule has 1 atom stereocenters. The maximum Gasteiger partial charge on any atom is 0.387 e. The van der Waals surface area contributed by atoms with E-state index in [2.05, 4.69) is 9.73 Å². The van der Waals surface area contributed by atoms with Crippen LogP contribution in [-0.2, 0) is 10.3 Å². The number of halogens is 5. The van der Waals surface area contributed by atoms with Gasteiger partial charge in [0, 0.05) is 13.5 Å². The van der Waals surface area contributed by atoms with Gasteiger partial charge in [0.15, 0.2) is 23.1 Å². The van der Waals surface area contributed by atoms with E-state index < -0.39 is 30.0 Å². The molecule has 0 unspecified atom stereocenters. The minimum atomic E-state index is -3.03. The molecule has 11 heteroatoms. The molecule has 0 bridgehead atoms. The Labute approximate surface area is 179 Å². The summed E-state index contributed by atoms with van der Waals surface area (Å²) in [5.74, 6) is -1.87. The fraction of sp³-hybridized carbons (Fsp3) is 0.238. The van der Waals surface area contributed by atoms with Gasteiger partial charge in [-0.15, -0.1) is 0 Å². The molecule has 0 aliphatic carbocycles. The van der Waals surface area contributed by atoms with Gasteiger partial charge in [-0.3, -0.25) is 9.69 Å². The van der Waals surface area contributed by atoms with E-state index in [9.17, 15) is 26.7 Å². The Bertz CT molecular complexity index is 1060. The van der Waals surface area contributed by atoms with Gasteiger partial charge in [-0.05, 0) is 41.5 Å². The van der Waals surface area contributed by atoms with Crippen molar-refractivity contribution in [3.05, 3.63) is 71.6 Å². The van der Waals surface area contributed by atoms with Crippen molar-refractivity contribution in [1.29, 1.82) is 0 Å². The first-order valence-electron chi connectivity index (χ1n) is 9.28. The number of carbonyl (C=O) groups is 1. The molecule has 0 spiro atoms. The summed E-state index contributed by atoms with van der Waals surface area (Å²) in [6, 6.07) is 8.78. The Morgan fingerprint density at radius 3 is 2.41 bits per heavy atom. The fourth-order valence-corrected chi connectivity index (χ4v) is 3.24. The molecule has 2 aromatic carbocycles. The minimum Gasteiger partial charge on any atom is -0.490 e. The van der Waals surface area contributed by atoms with Crippen LogP contribution in [0.3, 0.4) is 0 Å². The standard InChI is InChI=1S/C21H18F5N3O3/c1-29-18(30)21(28-20(29)27,12-4-7-14(8-5-12)32-19(25)26)13-6-9-15(22)16(11-13)31-10-2-3-17(23)24/h3-9,11,19H,2,10H2,1H3,(H2,27,28)/t21-/m1/s1. The average Bonchev–Trinajstić information content (AvgIpc) is 2.97. The van der Waals surface area contributed by atoms with Gasteiger partial charge in [0.1, 0.15) is 5.75 Å². The van der Waals surface area contributed by atoms with Gasteiger partial charge >= 0.3 is 6.61 Å². The highest BCUT2D eigenvalue weighted by Crippen LogP contribution is 2.41. The third-order valence-corrected chi connectivity index (χ3v) is 4.76. The zero-order chi connectivity index (χ0) is 23.5. The van der Waals surface area contributed by atoms with Crippen molar-refractivity contribution in [3.63, 3.8) is 0 Å². The normalized spacial score (nSPS) is 18.0. The third-order valence-electron chi connectivity index (χ3n) is 4.76. The van der Waals surface area contributed by atoms with E-state index in [0.717, 1.165) is 11.0 Å². The van der Waals surface area contributed by atoms with E-state index >= 15 is 0 Å². The Hall–Kier alpha value is -3.63. The molecule has 1 aliphatic heterocycles. The number of ether oxygens (including phenoxy) is 2. The van der Waals surface area contributed by atoms with Crippen molar-refractivity contribution >= 4 is 11.9 Å². The highest BCUT2D eigenvalue weighted by atomic mass is 19.3. The van der Waals surface area contributed by atoms with Crippen LogP contribution in [0.2, 0.25) is 0 Å². The zero-order valence-corrected chi connectivity index (χ0v) is 16.7. The highest BCUT2D eigenvalue weighted by Gasteiger charge is 2.49. The summed E-state index contributed by atoms with van der Waals surface area (Å²) < 4.78 is 73.1. The lowest BCUT2D eigenvalue weighted by atomic mass is 9.82. The van der Waals surface area contributed by atoms with Gasteiger partial charge in [-0.25, -0.2) is 9.38 Å². The fourth-order valence-electron chi connectivity index (χ4n) is 3.24. The SMILES string of the molecule is CN1C(=O)[C@@](c2ccc(OC(F)F)cc2)(c2ccc(F)c(OCCC=C(F)F)c2)N=C1N. The first-order chi connectivity index (χ1) is 15.1. The molecule has 0 radical (unpaired) electrons. The number of alkyl halides is 2. The number of amides is 1. The van der Waals surface area contributed by atoms with Gasteiger partial charge in [-0.1, -0.05) is 18.2 Å². The van der Waals surface area contributed by atoms with Gasteiger partial charge in [0.2, 0.25) is 0 Å². The molecule has 0 saturated carbocycles. The lowest BCUT2D eigenvalue weighted by molar-refractivity contribution is -0.129. The monoisotopic (exact) mass is 455 g/mol. The van der Waals surface area contributed by atoms with Crippen LogP contribution in [0, 0.1) is 5.82 Å². The van der Waals surface area contributed by atoms with Crippen LogP contribution in [0.1, 0.15) is 17.5 Å². The Balaban J connectivity index is 2.03. The largest absolute Gasteiger partial charge is 0.490 e. The average molecular weight is 455 g/mol. The smallest absolute Gasteiger partial charge is 0.387 e. The van der Waals surface area contributed by atoms with Crippen LogP contribution < -0.4 is 15.2 Å². The maximum atomic E-state index is 14.3. The van der Waals surface area contributed by atoms with E-state index in [0.29, 0.717) is 6.08 Å². The second kappa shape index (κ2) is 9.25. The summed E-state index contributed by atoms with van der Waals surface area (Å²) in [4.78, 5) is 18.6. The van der Waals surface area contributed by atoms with Crippen molar-refractivity contribution in [1.82, 2.24) is 4.90 Å². The van der Waals surface area contributed by atoms with Crippen LogP contribution in [0.4, 0.5) is 22.0 Å². The lowest BCUT2D eigenvalue weighted by Crippen LogP contribution is -2.41. The lowest BCUT2D eigenvalue weighted by Gasteiger charge is -2.26. The van der Waals surface area contributed by atoms with Crippen LogP contribution >= 0.6 is 0 Å². The van der Waals surface area contributed by atoms with Gasteiger partial charge < -0.3 is 15.2 Å². The molecule has 1 heterocycles. The summed E-state index contributed by atoms with van der Waals surface area (Å²) in [7, 11) is 1.40. The number of carbonyl (C=O) groups excluding carboxylic acids is 1. The zero-order valence-electron chi connectivity index (χ0n) is 16.7. The van der Waals surface area contributed by atoms with Gasteiger partial charge in [-0.2, -0.15) is 17.6 Å². The van der Waals surface area contributed by atoms with Crippen LogP contribution in [0.15, 0.2) is 59.6 Å². The molecule has 2 aromatic rings. The van der Waals surface area contributed by atoms with Gasteiger partial charge in [0.05, 0.1) is 6.61 Å². The molecule has 32 heavy (non-hydrogen) atoms. The predicted octanol–water partition coefficient (Wildman–Crippen LogP) is 4.01. The molecule has 0 saturated heterocycles. The van der Waals surface area contributed by atoms with Crippen molar-refractivity contribution in [3.8, 4) is 11.5 Å². The van der Waals surface area contributed by atoms with Crippen molar-refractivity contribution in [2.45, 2.75) is 18.6 Å². The number of aliphatic imine (C=N–C) groups is 1. The number of hydrogen-bond donors (Lipinski definition) is 1. The predicted molar refractivity (Wildman–Crippen MR) is 105 cm³/mol. The Kier molecular flexibility index (Phi) is 6.66. The number of rotatable bonds is 8.